The summed E-state index contributed by atoms with van der Waals surface area (Å²) in [5.74, 6) is -4.91. The van der Waals surface area contributed by atoms with E-state index in [1.54, 1.807) is 0 Å². The Labute approximate surface area is 181 Å². The van der Waals surface area contributed by atoms with Crippen molar-refractivity contribution in [1.29, 1.82) is 0 Å². The maximum atomic E-state index is 14.3. The van der Waals surface area contributed by atoms with E-state index in [9.17, 15) is 38.1 Å². The number of carbonyl (C=O) groups excluding carboxylic acids is 2. The molecule has 0 aliphatic carbocycles. The van der Waals surface area contributed by atoms with Crippen LogP contribution >= 0.6 is 0 Å². The Morgan fingerprint density at radius 1 is 0.594 bits per heavy atom. The molecule has 0 unspecified atom stereocenters. The standard InChI is InChI=1S/C24H19F3O5/c1-11(28)20-9-18(26)7-15(23(20)31)3-13-5-17(25)6-14(22(13)30)4-16-8-19(27)10-21(12(2)29)24(16)32/h5-10,30-32H,3-4H2,1-2H3. The van der Waals surface area contributed by atoms with Crippen LogP contribution in [0.4, 0.5) is 13.2 Å². The largest absolute Gasteiger partial charge is 0.507 e. The molecule has 5 nitrogen and oxygen atoms in total. The lowest BCUT2D eigenvalue weighted by molar-refractivity contribution is 0.100. The molecule has 0 amide bonds. The van der Waals surface area contributed by atoms with Gasteiger partial charge in [0.1, 0.15) is 34.7 Å². The van der Waals surface area contributed by atoms with Gasteiger partial charge in [-0.3, -0.25) is 9.59 Å². The van der Waals surface area contributed by atoms with Crippen LogP contribution in [0.1, 0.15) is 56.8 Å². The van der Waals surface area contributed by atoms with Crippen LogP contribution in [0.2, 0.25) is 0 Å². The number of halogens is 3. The van der Waals surface area contributed by atoms with E-state index in [-0.39, 0.29) is 46.2 Å². The topological polar surface area (TPSA) is 94.8 Å². The van der Waals surface area contributed by atoms with Crippen LogP contribution in [-0.4, -0.2) is 26.9 Å². The molecule has 0 atom stereocenters. The van der Waals surface area contributed by atoms with Gasteiger partial charge >= 0.3 is 0 Å². The number of carbonyl (C=O) groups is 2. The third-order valence-electron chi connectivity index (χ3n) is 5.06. The van der Waals surface area contributed by atoms with Gasteiger partial charge in [0, 0.05) is 35.1 Å². The number of aromatic hydroxyl groups is 3. The summed E-state index contributed by atoms with van der Waals surface area (Å²) in [5.41, 5.74) is -0.657. The third kappa shape index (κ3) is 4.59. The number of benzene rings is 3. The Bertz CT molecular complexity index is 1160. The summed E-state index contributed by atoms with van der Waals surface area (Å²) in [6, 6.07) is 5.62. The Hall–Kier alpha value is -3.81. The number of hydrogen-bond donors (Lipinski definition) is 3. The second-order valence-electron chi connectivity index (χ2n) is 7.46. The zero-order chi connectivity index (χ0) is 23.7. The number of hydrogen-bond acceptors (Lipinski definition) is 5. The molecule has 0 aliphatic rings. The first kappa shape index (κ1) is 22.9. The Morgan fingerprint density at radius 3 is 1.19 bits per heavy atom. The first-order valence-electron chi connectivity index (χ1n) is 9.52. The van der Waals surface area contributed by atoms with Crippen molar-refractivity contribution >= 4 is 11.6 Å². The molecule has 0 bridgehead atoms. The van der Waals surface area contributed by atoms with Gasteiger partial charge in [0.05, 0.1) is 11.1 Å². The fourth-order valence-corrected chi connectivity index (χ4v) is 3.52. The van der Waals surface area contributed by atoms with Gasteiger partial charge in [-0.1, -0.05) is 0 Å². The first-order chi connectivity index (χ1) is 15.0. The lowest BCUT2D eigenvalue weighted by atomic mass is 9.94. The van der Waals surface area contributed by atoms with E-state index in [1.807, 2.05) is 0 Å². The number of rotatable bonds is 6. The predicted octanol–water partition coefficient (Wildman–Crippen LogP) is 4.81. The molecule has 0 saturated carbocycles. The smallest absolute Gasteiger partial charge is 0.163 e. The van der Waals surface area contributed by atoms with Crippen molar-refractivity contribution in [3.63, 3.8) is 0 Å². The molecule has 0 saturated heterocycles. The number of phenols is 3. The van der Waals surface area contributed by atoms with Crippen LogP contribution in [0.5, 0.6) is 17.2 Å². The fraction of sp³-hybridized carbons (Fsp3) is 0.167. The van der Waals surface area contributed by atoms with Crippen LogP contribution < -0.4 is 0 Å². The first-order valence-corrected chi connectivity index (χ1v) is 9.52. The normalized spacial score (nSPS) is 10.9. The highest BCUT2D eigenvalue weighted by atomic mass is 19.1. The van der Waals surface area contributed by atoms with Crippen molar-refractivity contribution in [3.8, 4) is 17.2 Å². The Morgan fingerprint density at radius 2 is 0.875 bits per heavy atom. The predicted molar refractivity (Wildman–Crippen MR) is 110 cm³/mol. The van der Waals surface area contributed by atoms with Gasteiger partial charge in [0.2, 0.25) is 0 Å². The van der Waals surface area contributed by atoms with Crippen LogP contribution in [0, 0.1) is 17.5 Å². The average molecular weight is 444 g/mol. The van der Waals surface area contributed by atoms with E-state index < -0.39 is 46.3 Å². The van der Waals surface area contributed by atoms with Crippen molar-refractivity contribution in [3.05, 3.63) is 87.2 Å². The maximum Gasteiger partial charge on any atom is 0.163 e. The van der Waals surface area contributed by atoms with E-state index in [0.29, 0.717) is 0 Å². The molecular formula is C24H19F3O5. The second-order valence-corrected chi connectivity index (χ2v) is 7.46. The highest BCUT2D eigenvalue weighted by molar-refractivity contribution is 5.97. The van der Waals surface area contributed by atoms with E-state index in [0.717, 1.165) is 50.2 Å². The van der Waals surface area contributed by atoms with E-state index in [1.165, 1.54) is 0 Å². The zero-order valence-corrected chi connectivity index (χ0v) is 17.2. The molecule has 32 heavy (non-hydrogen) atoms. The molecule has 0 fully saturated rings. The van der Waals surface area contributed by atoms with Crippen LogP contribution in [0.3, 0.4) is 0 Å². The van der Waals surface area contributed by atoms with Crippen molar-refractivity contribution in [2.45, 2.75) is 26.7 Å². The summed E-state index contributed by atoms with van der Waals surface area (Å²) in [5, 5.41) is 31.2. The molecule has 3 N–H and O–H groups in total. The molecule has 166 valence electrons. The monoisotopic (exact) mass is 444 g/mol. The van der Waals surface area contributed by atoms with Gasteiger partial charge in [-0.25, -0.2) is 13.2 Å². The maximum absolute atomic E-state index is 14.3. The van der Waals surface area contributed by atoms with Crippen molar-refractivity contribution in [2.24, 2.45) is 0 Å². The third-order valence-corrected chi connectivity index (χ3v) is 5.06. The minimum Gasteiger partial charge on any atom is -0.507 e. The fourth-order valence-electron chi connectivity index (χ4n) is 3.52. The van der Waals surface area contributed by atoms with E-state index >= 15 is 0 Å². The molecule has 0 aromatic heterocycles. The summed E-state index contributed by atoms with van der Waals surface area (Å²) >= 11 is 0. The van der Waals surface area contributed by atoms with Crippen LogP contribution in [0.15, 0.2) is 36.4 Å². The molecule has 0 radical (unpaired) electrons. The number of phenolic OH excluding ortho intramolecular Hbond substituents is 3. The molecule has 3 rings (SSSR count). The van der Waals surface area contributed by atoms with E-state index in [4.69, 9.17) is 0 Å². The molecule has 0 spiro atoms. The van der Waals surface area contributed by atoms with Gasteiger partial charge in [-0.2, -0.15) is 0 Å². The Kier molecular flexibility index (Phi) is 6.25. The van der Waals surface area contributed by atoms with Gasteiger partial charge in [-0.05, 0) is 50.2 Å². The summed E-state index contributed by atoms with van der Waals surface area (Å²) in [4.78, 5) is 23.2. The van der Waals surface area contributed by atoms with Gasteiger partial charge in [0.15, 0.2) is 11.6 Å². The molecular weight excluding hydrogens is 425 g/mol. The average Bonchev–Trinajstić information content (AvgIpc) is 2.69. The van der Waals surface area contributed by atoms with Crippen molar-refractivity contribution < 1.29 is 38.1 Å². The number of Topliss-reactive ketones (excluding diaryl/α,β-unsaturated/α-hetero) is 2. The summed E-state index contributed by atoms with van der Waals surface area (Å²) in [7, 11) is 0. The molecule has 0 heterocycles. The SMILES string of the molecule is CC(=O)c1cc(F)cc(Cc2cc(F)cc(Cc3cc(F)cc(C(C)=O)c3O)c2O)c1O. The summed E-state index contributed by atoms with van der Waals surface area (Å²) in [6.45, 7) is 2.30. The van der Waals surface area contributed by atoms with Crippen LogP contribution in [0.25, 0.3) is 0 Å². The van der Waals surface area contributed by atoms with Gasteiger partial charge in [0.25, 0.3) is 0 Å². The molecule has 0 aliphatic heterocycles. The quantitative estimate of drug-likeness (QED) is 0.475. The lowest BCUT2D eigenvalue weighted by Gasteiger charge is -2.14. The lowest BCUT2D eigenvalue weighted by Crippen LogP contribution is -2.02. The second kappa shape index (κ2) is 8.74. The highest BCUT2D eigenvalue weighted by Gasteiger charge is 2.20. The molecule has 3 aromatic carbocycles. The van der Waals surface area contributed by atoms with Gasteiger partial charge in [-0.15, -0.1) is 0 Å². The number of ketones is 2. The van der Waals surface area contributed by atoms with Crippen molar-refractivity contribution in [2.75, 3.05) is 0 Å². The minimum absolute atomic E-state index is 0.0295. The summed E-state index contributed by atoms with van der Waals surface area (Å²) in [6.07, 6.45) is -0.622. The highest BCUT2D eigenvalue weighted by Crippen LogP contribution is 2.34. The summed E-state index contributed by atoms with van der Waals surface area (Å²) < 4.78 is 42.1. The minimum atomic E-state index is -0.791. The molecule has 3 aromatic rings. The van der Waals surface area contributed by atoms with Crippen molar-refractivity contribution in [1.82, 2.24) is 0 Å². The zero-order valence-electron chi connectivity index (χ0n) is 17.2. The Balaban J connectivity index is 2.05. The van der Waals surface area contributed by atoms with Gasteiger partial charge < -0.3 is 15.3 Å². The molecule has 8 heteroatoms. The van der Waals surface area contributed by atoms with Crippen LogP contribution in [-0.2, 0) is 12.8 Å². The van der Waals surface area contributed by atoms with E-state index in [2.05, 4.69) is 0 Å².